The SMILES string of the molecule is CC(C)(C)C(=O)ON1CCN(c2ncnc(Cl)n2)CC1. The van der Waals surface area contributed by atoms with E-state index >= 15 is 0 Å². The van der Waals surface area contributed by atoms with E-state index in [-0.39, 0.29) is 11.3 Å². The van der Waals surface area contributed by atoms with Crippen molar-refractivity contribution in [2.45, 2.75) is 20.8 Å². The summed E-state index contributed by atoms with van der Waals surface area (Å²) in [7, 11) is 0. The van der Waals surface area contributed by atoms with Gasteiger partial charge in [-0.25, -0.2) is 14.8 Å². The second-order valence-electron chi connectivity index (χ2n) is 5.60. The lowest BCUT2D eigenvalue weighted by Crippen LogP contribution is -2.48. The van der Waals surface area contributed by atoms with Gasteiger partial charge in [0.1, 0.15) is 6.33 Å². The predicted octanol–water partition coefficient (Wildman–Crippen LogP) is 1.15. The molecule has 8 heteroatoms. The molecule has 1 aromatic heterocycles. The number of halogens is 1. The Morgan fingerprint density at radius 2 is 1.90 bits per heavy atom. The van der Waals surface area contributed by atoms with Gasteiger partial charge in [0.25, 0.3) is 0 Å². The molecule has 0 aliphatic carbocycles. The summed E-state index contributed by atoms with van der Waals surface area (Å²) in [5.74, 6) is 0.320. The Kier molecular flexibility index (Phi) is 4.39. The quantitative estimate of drug-likeness (QED) is 0.811. The lowest BCUT2D eigenvalue weighted by Gasteiger charge is -2.34. The third-order valence-electron chi connectivity index (χ3n) is 2.88. The van der Waals surface area contributed by atoms with Gasteiger partial charge in [-0.05, 0) is 32.4 Å². The maximum Gasteiger partial charge on any atom is 0.330 e. The summed E-state index contributed by atoms with van der Waals surface area (Å²) in [6.45, 7) is 8.03. The van der Waals surface area contributed by atoms with Crippen LogP contribution in [0.2, 0.25) is 5.28 Å². The number of rotatable bonds is 2. The summed E-state index contributed by atoms with van der Waals surface area (Å²) < 4.78 is 0. The predicted molar refractivity (Wildman–Crippen MR) is 74.2 cm³/mol. The molecule has 2 heterocycles. The third kappa shape index (κ3) is 3.77. The van der Waals surface area contributed by atoms with Crippen molar-refractivity contribution >= 4 is 23.5 Å². The van der Waals surface area contributed by atoms with E-state index < -0.39 is 5.41 Å². The van der Waals surface area contributed by atoms with Crippen molar-refractivity contribution in [3.05, 3.63) is 11.6 Å². The van der Waals surface area contributed by atoms with E-state index in [0.717, 1.165) is 0 Å². The number of hydroxylamine groups is 2. The fourth-order valence-corrected chi connectivity index (χ4v) is 1.77. The zero-order valence-corrected chi connectivity index (χ0v) is 12.6. The Bertz CT molecular complexity index is 483. The normalized spacial score (nSPS) is 17.1. The molecule has 110 valence electrons. The molecular weight excluding hydrogens is 282 g/mol. The molecule has 1 fully saturated rings. The lowest BCUT2D eigenvalue weighted by molar-refractivity contribution is -0.201. The highest BCUT2D eigenvalue weighted by atomic mass is 35.5. The van der Waals surface area contributed by atoms with Crippen LogP contribution in [0.3, 0.4) is 0 Å². The zero-order chi connectivity index (χ0) is 14.8. The first-order chi connectivity index (χ1) is 9.36. The van der Waals surface area contributed by atoms with Crippen LogP contribution in [0.5, 0.6) is 0 Å². The van der Waals surface area contributed by atoms with Crippen LogP contribution < -0.4 is 4.90 Å². The van der Waals surface area contributed by atoms with Crippen molar-refractivity contribution in [3.8, 4) is 0 Å². The number of hydrogen-bond donors (Lipinski definition) is 0. The highest BCUT2D eigenvalue weighted by Crippen LogP contribution is 2.18. The van der Waals surface area contributed by atoms with Crippen molar-refractivity contribution in [1.82, 2.24) is 20.0 Å². The van der Waals surface area contributed by atoms with Crippen molar-refractivity contribution < 1.29 is 9.63 Å². The van der Waals surface area contributed by atoms with Crippen molar-refractivity contribution in [2.24, 2.45) is 5.41 Å². The summed E-state index contributed by atoms with van der Waals surface area (Å²) in [5.41, 5.74) is -0.501. The van der Waals surface area contributed by atoms with Crippen molar-refractivity contribution in [3.63, 3.8) is 0 Å². The molecule has 1 aliphatic rings. The van der Waals surface area contributed by atoms with Gasteiger partial charge in [-0.1, -0.05) is 0 Å². The van der Waals surface area contributed by atoms with Crippen LogP contribution in [-0.2, 0) is 9.63 Å². The molecule has 0 N–H and O–H groups in total. The first-order valence-electron chi connectivity index (χ1n) is 6.43. The Labute approximate surface area is 122 Å². The van der Waals surface area contributed by atoms with Crippen LogP contribution in [0.1, 0.15) is 20.8 Å². The van der Waals surface area contributed by atoms with Gasteiger partial charge in [-0.3, -0.25) is 0 Å². The van der Waals surface area contributed by atoms with E-state index in [1.807, 2.05) is 25.7 Å². The number of hydrogen-bond acceptors (Lipinski definition) is 7. The number of nitrogens with zero attached hydrogens (tertiary/aromatic N) is 5. The van der Waals surface area contributed by atoms with E-state index in [9.17, 15) is 4.79 Å². The summed E-state index contributed by atoms with van der Waals surface area (Å²) in [5, 5.41) is 1.85. The first-order valence-corrected chi connectivity index (χ1v) is 6.81. The molecule has 1 aromatic rings. The van der Waals surface area contributed by atoms with Gasteiger partial charge in [0, 0.05) is 13.1 Å². The van der Waals surface area contributed by atoms with Crippen LogP contribution in [0.4, 0.5) is 5.95 Å². The number of piperazine rings is 1. The minimum Gasteiger partial charge on any atom is -0.367 e. The smallest absolute Gasteiger partial charge is 0.330 e. The third-order valence-corrected chi connectivity index (χ3v) is 3.06. The molecule has 7 nitrogen and oxygen atoms in total. The Morgan fingerprint density at radius 1 is 1.25 bits per heavy atom. The monoisotopic (exact) mass is 299 g/mol. The number of anilines is 1. The number of carbonyl (C=O) groups is 1. The maximum atomic E-state index is 11.8. The van der Waals surface area contributed by atoms with E-state index in [4.69, 9.17) is 16.4 Å². The molecule has 0 bridgehead atoms. The van der Waals surface area contributed by atoms with Gasteiger partial charge in [0.05, 0.1) is 18.5 Å². The molecule has 0 saturated carbocycles. The lowest BCUT2D eigenvalue weighted by atomic mass is 9.98. The highest BCUT2D eigenvalue weighted by molar-refractivity contribution is 6.28. The van der Waals surface area contributed by atoms with E-state index in [0.29, 0.717) is 32.1 Å². The fraction of sp³-hybridized carbons (Fsp3) is 0.667. The molecule has 0 spiro atoms. The number of carbonyl (C=O) groups excluding carboxylic acids is 1. The van der Waals surface area contributed by atoms with Crippen LogP contribution in [0, 0.1) is 5.41 Å². The van der Waals surface area contributed by atoms with Crippen LogP contribution >= 0.6 is 11.6 Å². The summed E-state index contributed by atoms with van der Waals surface area (Å²) in [4.78, 5) is 31.0. The van der Waals surface area contributed by atoms with Gasteiger partial charge < -0.3 is 9.74 Å². The standard InChI is InChI=1S/C12H18ClN5O2/c1-12(2,3)9(19)20-18-6-4-17(5-7-18)11-15-8-14-10(13)16-11/h8H,4-7H2,1-3H3. The molecule has 20 heavy (non-hydrogen) atoms. The van der Waals surface area contributed by atoms with Crippen LogP contribution in [0.15, 0.2) is 6.33 Å². The Hall–Kier alpha value is -1.47. The average Bonchev–Trinajstić information content (AvgIpc) is 2.38. The van der Waals surface area contributed by atoms with Crippen LogP contribution in [0.25, 0.3) is 0 Å². The summed E-state index contributed by atoms with van der Waals surface area (Å²) in [6, 6.07) is 0. The molecular formula is C12H18ClN5O2. The Balaban J connectivity index is 1.88. The molecule has 0 aromatic carbocycles. The van der Waals surface area contributed by atoms with Crippen molar-refractivity contribution in [1.29, 1.82) is 0 Å². The van der Waals surface area contributed by atoms with Gasteiger partial charge in [-0.2, -0.15) is 4.98 Å². The largest absolute Gasteiger partial charge is 0.367 e. The highest BCUT2D eigenvalue weighted by Gasteiger charge is 2.28. The first kappa shape index (κ1) is 14.9. The minimum absolute atomic E-state index is 0.177. The summed E-state index contributed by atoms with van der Waals surface area (Å²) in [6.07, 6.45) is 1.39. The zero-order valence-electron chi connectivity index (χ0n) is 11.8. The molecule has 1 saturated heterocycles. The summed E-state index contributed by atoms with van der Waals surface area (Å²) >= 11 is 5.74. The van der Waals surface area contributed by atoms with E-state index in [1.165, 1.54) is 6.33 Å². The molecule has 0 amide bonds. The topological polar surface area (TPSA) is 71.5 Å². The molecule has 2 rings (SSSR count). The Morgan fingerprint density at radius 3 is 2.45 bits per heavy atom. The maximum absolute atomic E-state index is 11.8. The molecule has 0 unspecified atom stereocenters. The number of aromatic nitrogens is 3. The molecule has 0 atom stereocenters. The van der Waals surface area contributed by atoms with Gasteiger partial charge in [0.2, 0.25) is 11.2 Å². The second-order valence-corrected chi connectivity index (χ2v) is 5.94. The fourth-order valence-electron chi connectivity index (χ4n) is 1.65. The minimum atomic E-state index is -0.501. The second kappa shape index (κ2) is 5.88. The molecule has 0 radical (unpaired) electrons. The van der Waals surface area contributed by atoms with Crippen LogP contribution in [-0.4, -0.2) is 52.2 Å². The molecule has 1 aliphatic heterocycles. The van der Waals surface area contributed by atoms with Gasteiger partial charge >= 0.3 is 5.97 Å². The van der Waals surface area contributed by atoms with Gasteiger partial charge in [0.15, 0.2) is 0 Å². The van der Waals surface area contributed by atoms with E-state index in [1.54, 1.807) is 5.06 Å². The average molecular weight is 300 g/mol. The van der Waals surface area contributed by atoms with E-state index in [2.05, 4.69) is 15.0 Å². The van der Waals surface area contributed by atoms with Gasteiger partial charge in [-0.15, -0.1) is 5.06 Å². The van der Waals surface area contributed by atoms with Crippen molar-refractivity contribution in [2.75, 3.05) is 31.1 Å².